The van der Waals surface area contributed by atoms with Crippen LogP contribution >= 0.6 is 11.8 Å². The lowest BCUT2D eigenvalue weighted by molar-refractivity contribution is -0.271. The van der Waals surface area contributed by atoms with Crippen LogP contribution in [0.4, 0.5) is 13.2 Å². The topological polar surface area (TPSA) is 145 Å². The Labute approximate surface area is 177 Å². The normalized spacial score (nSPS) is 26.6. The van der Waals surface area contributed by atoms with Gasteiger partial charge in [0.2, 0.25) is 12.2 Å². The fourth-order valence-corrected chi connectivity index (χ4v) is 3.46. The van der Waals surface area contributed by atoms with Gasteiger partial charge in [-0.25, -0.2) is 4.79 Å². The van der Waals surface area contributed by atoms with Gasteiger partial charge in [-0.3, -0.25) is 5.10 Å². The molecule has 1 fully saturated rings. The second-order valence-corrected chi connectivity index (χ2v) is 7.64. The van der Waals surface area contributed by atoms with Gasteiger partial charge in [0.15, 0.2) is 6.10 Å². The van der Waals surface area contributed by atoms with E-state index in [1.807, 2.05) is 11.4 Å². The second kappa shape index (κ2) is 9.04. The third kappa shape index (κ3) is 4.96. The van der Waals surface area contributed by atoms with Gasteiger partial charge in [0.05, 0.1) is 5.56 Å². The molecule has 0 saturated carbocycles. The maximum Gasteiger partial charge on any atom is 0.433 e. The van der Waals surface area contributed by atoms with Crippen molar-refractivity contribution < 1.29 is 47.9 Å². The van der Waals surface area contributed by atoms with Crippen LogP contribution in [0.5, 0.6) is 5.88 Å². The molecular weight excluding hydrogens is 445 g/mol. The Hall–Kier alpha value is -2.32. The number of aliphatic hydroxyl groups excluding tert-OH is 3. The van der Waals surface area contributed by atoms with E-state index in [9.17, 15) is 33.3 Å². The molecule has 0 spiro atoms. The zero-order chi connectivity index (χ0) is 22.9. The first-order valence-electron chi connectivity index (χ1n) is 8.89. The number of carboxylic acids is 1. The molecule has 2 heterocycles. The number of thioether (sulfide) groups is 1. The van der Waals surface area contributed by atoms with Crippen molar-refractivity contribution in [3.05, 3.63) is 41.1 Å². The molecule has 5 atom stereocenters. The molecular formula is C18H19F3N2O7S. The third-order valence-electron chi connectivity index (χ3n) is 4.69. The van der Waals surface area contributed by atoms with Crippen molar-refractivity contribution >= 4 is 17.7 Å². The number of H-pyrrole nitrogens is 1. The molecule has 1 saturated heterocycles. The van der Waals surface area contributed by atoms with Crippen LogP contribution < -0.4 is 4.74 Å². The maximum atomic E-state index is 13.5. The molecule has 31 heavy (non-hydrogen) atoms. The zero-order valence-electron chi connectivity index (χ0n) is 15.9. The fraction of sp³-hybridized carbons (Fsp3) is 0.444. The van der Waals surface area contributed by atoms with Crippen LogP contribution in [-0.2, 0) is 22.1 Å². The molecule has 0 bridgehead atoms. The Morgan fingerprint density at radius 1 is 1.19 bits per heavy atom. The van der Waals surface area contributed by atoms with E-state index in [4.69, 9.17) is 14.6 Å². The summed E-state index contributed by atoms with van der Waals surface area (Å²) >= 11 is 1.46. The molecule has 170 valence electrons. The van der Waals surface area contributed by atoms with E-state index in [-0.39, 0.29) is 6.42 Å². The van der Waals surface area contributed by atoms with Gasteiger partial charge in [-0.15, -0.1) is 16.9 Å². The van der Waals surface area contributed by atoms with Crippen molar-refractivity contribution in [1.29, 1.82) is 0 Å². The van der Waals surface area contributed by atoms with Gasteiger partial charge in [0.1, 0.15) is 24.0 Å². The lowest BCUT2D eigenvalue weighted by Gasteiger charge is -2.38. The molecule has 5 N–H and O–H groups in total. The van der Waals surface area contributed by atoms with Crippen LogP contribution in [0.2, 0.25) is 0 Å². The molecule has 1 aliphatic heterocycles. The first-order chi connectivity index (χ1) is 14.5. The molecule has 3 rings (SSSR count). The molecule has 1 aromatic carbocycles. The van der Waals surface area contributed by atoms with Crippen molar-refractivity contribution in [3.8, 4) is 5.88 Å². The number of carbonyl (C=O) groups is 1. The number of aromatic nitrogens is 2. The van der Waals surface area contributed by atoms with Gasteiger partial charge in [-0.1, -0.05) is 12.1 Å². The first-order valence-corrected chi connectivity index (χ1v) is 10.1. The number of alkyl halides is 3. The average molecular weight is 464 g/mol. The fourth-order valence-electron chi connectivity index (χ4n) is 3.05. The Balaban J connectivity index is 1.91. The molecule has 13 heteroatoms. The standard InChI is InChI=1S/C18H19F3N2O7S/c1-31-8-4-2-7(3-5-8)6-9-14(18(19,20)21)22-23-15(9)30-17-12(26)10(24)11(25)13(29-17)16(27)28/h2-5,10-13,17,24-26H,6H2,1H3,(H,22,23)(H,27,28)/t10-,11-,12+,13-,17?/m0/s1. The Bertz CT molecular complexity index is 922. The zero-order valence-corrected chi connectivity index (χ0v) is 16.7. The lowest BCUT2D eigenvalue weighted by atomic mass is 9.99. The predicted molar refractivity (Wildman–Crippen MR) is 99.6 cm³/mol. The highest BCUT2D eigenvalue weighted by molar-refractivity contribution is 7.98. The second-order valence-electron chi connectivity index (χ2n) is 6.76. The van der Waals surface area contributed by atoms with Gasteiger partial charge in [-0.2, -0.15) is 13.2 Å². The summed E-state index contributed by atoms with van der Waals surface area (Å²) in [6, 6.07) is 6.73. The van der Waals surface area contributed by atoms with Crippen molar-refractivity contribution in [1.82, 2.24) is 10.2 Å². The van der Waals surface area contributed by atoms with Crippen molar-refractivity contribution in [2.24, 2.45) is 0 Å². The van der Waals surface area contributed by atoms with Crippen LogP contribution in [0.3, 0.4) is 0 Å². The highest BCUT2D eigenvalue weighted by Gasteiger charge is 2.49. The monoisotopic (exact) mass is 464 g/mol. The van der Waals surface area contributed by atoms with Gasteiger partial charge in [0, 0.05) is 11.3 Å². The smallest absolute Gasteiger partial charge is 0.433 e. The Morgan fingerprint density at radius 2 is 1.84 bits per heavy atom. The number of hydrogen-bond donors (Lipinski definition) is 5. The van der Waals surface area contributed by atoms with Crippen LogP contribution in [0.1, 0.15) is 16.8 Å². The van der Waals surface area contributed by atoms with Crippen LogP contribution in [0.15, 0.2) is 29.2 Å². The first kappa shape index (κ1) is 23.3. The van der Waals surface area contributed by atoms with E-state index in [0.29, 0.717) is 5.56 Å². The molecule has 1 unspecified atom stereocenters. The number of benzene rings is 1. The summed E-state index contributed by atoms with van der Waals surface area (Å²) in [4.78, 5) is 12.1. The quantitative estimate of drug-likeness (QED) is 0.396. The number of nitrogens with zero attached hydrogens (tertiary/aromatic N) is 1. The maximum absolute atomic E-state index is 13.5. The Morgan fingerprint density at radius 3 is 2.39 bits per heavy atom. The highest BCUT2D eigenvalue weighted by Crippen LogP contribution is 2.37. The van der Waals surface area contributed by atoms with Gasteiger partial charge in [0.25, 0.3) is 0 Å². The Kier molecular flexibility index (Phi) is 6.81. The summed E-state index contributed by atoms with van der Waals surface area (Å²) in [5.74, 6) is -2.24. The largest absolute Gasteiger partial charge is 0.479 e. The molecule has 0 aliphatic carbocycles. The van der Waals surface area contributed by atoms with Gasteiger partial charge >= 0.3 is 12.1 Å². The molecule has 2 aromatic rings. The van der Waals surface area contributed by atoms with E-state index in [2.05, 4.69) is 5.10 Å². The average Bonchev–Trinajstić information content (AvgIpc) is 3.11. The van der Waals surface area contributed by atoms with Crippen molar-refractivity contribution in [2.75, 3.05) is 6.26 Å². The summed E-state index contributed by atoms with van der Waals surface area (Å²) in [6.07, 6.45) is -12.9. The third-order valence-corrected chi connectivity index (χ3v) is 5.44. The van der Waals surface area contributed by atoms with E-state index in [1.165, 1.54) is 11.8 Å². The number of ether oxygens (including phenoxy) is 2. The predicted octanol–water partition coefficient (Wildman–Crippen LogP) is 1.01. The minimum Gasteiger partial charge on any atom is -0.479 e. The number of aliphatic carboxylic acids is 1. The number of nitrogens with one attached hydrogen (secondary N) is 1. The molecule has 9 nitrogen and oxygen atoms in total. The van der Waals surface area contributed by atoms with E-state index in [1.54, 1.807) is 24.3 Å². The van der Waals surface area contributed by atoms with Crippen molar-refractivity contribution in [2.45, 2.75) is 48.2 Å². The molecule has 0 radical (unpaired) electrons. The minimum absolute atomic E-state index is 0.244. The van der Waals surface area contributed by atoms with Crippen LogP contribution in [0, 0.1) is 0 Å². The van der Waals surface area contributed by atoms with Gasteiger partial charge < -0.3 is 29.9 Å². The van der Waals surface area contributed by atoms with Gasteiger partial charge in [-0.05, 0) is 24.0 Å². The molecule has 1 aromatic heterocycles. The van der Waals surface area contributed by atoms with E-state index in [0.717, 1.165) is 4.90 Å². The summed E-state index contributed by atoms with van der Waals surface area (Å²) < 4.78 is 50.6. The molecule has 1 aliphatic rings. The summed E-state index contributed by atoms with van der Waals surface area (Å²) in [5.41, 5.74) is -1.07. The van der Waals surface area contributed by atoms with E-state index < -0.39 is 60.0 Å². The number of halogens is 3. The lowest BCUT2D eigenvalue weighted by Crippen LogP contribution is -2.61. The highest BCUT2D eigenvalue weighted by atomic mass is 32.2. The molecule has 0 amide bonds. The number of carboxylic acid groups (broad SMARTS) is 1. The van der Waals surface area contributed by atoms with Crippen LogP contribution in [0.25, 0.3) is 0 Å². The van der Waals surface area contributed by atoms with Crippen LogP contribution in [-0.4, -0.2) is 73.6 Å². The summed E-state index contributed by atoms with van der Waals surface area (Å²) in [6.45, 7) is 0. The summed E-state index contributed by atoms with van der Waals surface area (Å²) in [5, 5.41) is 44.1. The number of rotatable bonds is 6. The number of aromatic amines is 1. The van der Waals surface area contributed by atoms with Crippen molar-refractivity contribution in [3.63, 3.8) is 0 Å². The van der Waals surface area contributed by atoms with E-state index >= 15 is 0 Å². The SMILES string of the molecule is CSc1ccc(Cc2c(OC3O[C@H](C(=O)O)[C@@H](O)[C@H](O)[C@H]3O)n[nH]c2C(F)(F)F)cc1. The minimum atomic E-state index is -4.80. The summed E-state index contributed by atoms with van der Waals surface area (Å²) in [7, 11) is 0. The number of hydrogen-bond acceptors (Lipinski definition) is 8. The number of aliphatic hydroxyl groups is 3.